The number of nitrogens with zero attached hydrogens (tertiary/aromatic N) is 1. The highest BCUT2D eigenvalue weighted by molar-refractivity contribution is 7.89. The van der Waals surface area contributed by atoms with Crippen molar-refractivity contribution in [3.8, 4) is 0 Å². The maximum atomic E-state index is 12.4. The lowest BCUT2D eigenvalue weighted by Gasteiger charge is -2.23. The number of halogens is 4. The summed E-state index contributed by atoms with van der Waals surface area (Å²) in [5, 5.41) is 8.87. The quantitative estimate of drug-likeness (QED) is 0.900. The molecular formula is C11H13ClF3NO3S. The minimum absolute atomic E-state index is 0.102. The fourth-order valence-electron chi connectivity index (χ4n) is 1.59. The van der Waals surface area contributed by atoms with Crippen LogP contribution in [0.25, 0.3) is 0 Å². The van der Waals surface area contributed by atoms with E-state index in [0.29, 0.717) is 0 Å². The molecule has 0 saturated carbocycles. The van der Waals surface area contributed by atoms with Crippen LogP contribution in [0.1, 0.15) is 5.56 Å². The number of benzene rings is 1. The first-order valence-corrected chi connectivity index (χ1v) is 7.33. The molecule has 0 aliphatic carbocycles. The standard InChI is InChI=1S/C11H13ClF3NO3S/c1-8-2-3-9(12)6-10(8)20(18,19)16(4-5-17)7-11(13,14)15/h2-3,6,17H,4-5,7H2,1H3. The number of rotatable bonds is 5. The Hall–Kier alpha value is -0.830. The van der Waals surface area contributed by atoms with Gasteiger partial charge in [0, 0.05) is 11.6 Å². The van der Waals surface area contributed by atoms with Crippen molar-refractivity contribution in [2.24, 2.45) is 0 Å². The molecule has 4 nitrogen and oxygen atoms in total. The molecule has 1 N–H and O–H groups in total. The van der Waals surface area contributed by atoms with E-state index in [1.165, 1.54) is 19.1 Å². The maximum absolute atomic E-state index is 12.4. The van der Waals surface area contributed by atoms with Gasteiger partial charge in [-0.3, -0.25) is 0 Å². The molecule has 0 heterocycles. The minimum atomic E-state index is -4.70. The van der Waals surface area contributed by atoms with Crippen LogP contribution in [0.15, 0.2) is 23.1 Å². The van der Waals surface area contributed by atoms with Gasteiger partial charge in [-0.05, 0) is 24.6 Å². The summed E-state index contributed by atoms with van der Waals surface area (Å²) in [7, 11) is -4.38. The summed E-state index contributed by atoms with van der Waals surface area (Å²) in [4.78, 5) is -0.303. The van der Waals surface area contributed by atoms with Gasteiger partial charge in [0.25, 0.3) is 0 Å². The van der Waals surface area contributed by atoms with Gasteiger partial charge < -0.3 is 5.11 Å². The number of aliphatic hydroxyl groups is 1. The largest absolute Gasteiger partial charge is 0.402 e. The van der Waals surface area contributed by atoms with Crippen molar-refractivity contribution in [1.29, 1.82) is 0 Å². The van der Waals surface area contributed by atoms with Crippen molar-refractivity contribution >= 4 is 21.6 Å². The van der Waals surface area contributed by atoms with Crippen molar-refractivity contribution in [3.63, 3.8) is 0 Å². The number of alkyl halides is 3. The molecule has 0 aliphatic rings. The van der Waals surface area contributed by atoms with Crippen LogP contribution in [-0.2, 0) is 10.0 Å². The highest BCUT2D eigenvalue weighted by Crippen LogP contribution is 2.26. The van der Waals surface area contributed by atoms with Gasteiger partial charge in [0.05, 0.1) is 11.5 Å². The second kappa shape index (κ2) is 6.30. The maximum Gasteiger partial charge on any atom is 0.402 e. The van der Waals surface area contributed by atoms with Gasteiger partial charge in [0.15, 0.2) is 0 Å². The normalized spacial score (nSPS) is 12.9. The van der Waals surface area contributed by atoms with E-state index in [1.807, 2.05) is 0 Å². The van der Waals surface area contributed by atoms with E-state index in [1.54, 1.807) is 0 Å². The number of sulfonamides is 1. The highest BCUT2D eigenvalue weighted by atomic mass is 35.5. The fraction of sp³-hybridized carbons (Fsp3) is 0.455. The predicted octanol–water partition coefficient (Wildman–Crippen LogP) is 2.19. The SMILES string of the molecule is Cc1ccc(Cl)cc1S(=O)(=O)N(CCO)CC(F)(F)F. The number of hydrogen-bond donors (Lipinski definition) is 1. The van der Waals surface area contributed by atoms with Crippen molar-refractivity contribution in [2.75, 3.05) is 19.7 Å². The third-order valence-corrected chi connectivity index (χ3v) is 4.70. The molecule has 114 valence electrons. The number of aryl methyl sites for hydroxylation is 1. The Labute approximate surface area is 119 Å². The minimum Gasteiger partial charge on any atom is -0.395 e. The summed E-state index contributed by atoms with van der Waals surface area (Å²) in [6.07, 6.45) is -4.70. The van der Waals surface area contributed by atoms with Crippen molar-refractivity contribution in [1.82, 2.24) is 4.31 Å². The zero-order valence-electron chi connectivity index (χ0n) is 10.5. The first kappa shape index (κ1) is 17.2. The monoisotopic (exact) mass is 331 g/mol. The highest BCUT2D eigenvalue weighted by Gasteiger charge is 2.37. The van der Waals surface area contributed by atoms with E-state index in [0.717, 1.165) is 6.07 Å². The Bertz CT molecular complexity index is 575. The van der Waals surface area contributed by atoms with Crippen LogP contribution in [0.2, 0.25) is 5.02 Å². The fourth-order valence-corrected chi connectivity index (χ4v) is 3.49. The van der Waals surface area contributed by atoms with Gasteiger partial charge in [-0.2, -0.15) is 17.5 Å². The Morgan fingerprint density at radius 1 is 1.35 bits per heavy atom. The van der Waals surface area contributed by atoms with Crippen LogP contribution in [-0.4, -0.2) is 43.7 Å². The molecule has 1 aromatic rings. The third kappa shape index (κ3) is 4.34. The topological polar surface area (TPSA) is 57.6 Å². The van der Waals surface area contributed by atoms with Crippen LogP contribution in [0, 0.1) is 6.92 Å². The molecule has 0 atom stereocenters. The molecule has 1 rings (SSSR count). The van der Waals surface area contributed by atoms with Gasteiger partial charge in [-0.25, -0.2) is 8.42 Å². The van der Waals surface area contributed by atoms with Gasteiger partial charge >= 0.3 is 6.18 Å². The average molecular weight is 332 g/mol. The van der Waals surface area contributed by atoms with Gasteiger partial charge in [0.1, 0.15) is 6.54 Å². The van der Waals surface area contributed by atoms with Gasteiger partial charge in [-0.1, -0.05) is 17.7 Å². The Morgan fingerprint density at radius 3 is 2.45 bits per heavy atom. The lowest BCUT2D eigenvalue weighted by molar-refractivity contribution is -0.136. The van der Waals surface area contributed by atoms with Crippen LogP contribution >= 0.6 is 11.6 Å². The molecule has 20 heavy (non-hydrogen) atoms. The Morgan fingerprint density at radius 2 is 1.95 bits per heavy atom. The molecule has 0 unspecified atom stereocenters. The van der Waals surface area contributed by atoms with E-state index in [2.05, 4.69) is 0 Å². The summed E-state index contributed by atoms with van der Waals surface area (Å²) >= 11 is 5.68. The Balaban J connectivity index is 3.26. The molecule has 1 aromatic carbocycles. The smallest absolute Gasteiger partial charge is 0.395 e. The number of hydrogen-bond acceptors (Lipinski definition) is 3. The summed E-state index contributed by atoms with van der Waals surface area (Å²) in [6, 6.07) is 3.93. The van der Waals surface area contributed by atoms with E-state index in [-0.39, 0.29) is 19.8 Å². The molecule has 0 spiro atoms. The van der Waals surface area contributed by atoms with E-state index in [9.17, 15) is 21.6 Å². The molecular weight excluding hydrogens is 319 g/mol. The molecule has 0 aromatic heterocycles. The van der Waals surface area contributed by atoms with Crippen LogP contribution in [0.3, 0.4) is 0 Å². The first-order valence-electron chi connectivity index (χ1n) is 5.52. The zero-order chi connectivity index (χ0) is 15.6. The molecule has 0 fully saturated rings. The first-order chi connectivity index (χ1) is 9.08. The Kier molecular flexibility index (Phi) is 5.42. The zero-order valence-corrected chi connectivity index (χ0v) is 12.1. The number of aliphatic hydroxyl groups excluding tert-OH is 1. The molecule has 0 bridgehead atoms. The van der Waals surface area contributed by atoms with Crippen LogP contribution in [0.5, 0.6) is 0 Å². The third-order valence-electron chi connectivity index (χ3n) is 2.47. The second-order valence-corrected chi connectivity index (χ2v) is 6.43. The van der Waals surface area contributed by atoms with Crippen LogP contribution < -0.4 is 0 Å². The van der Waals surface area contributed by atoms with Crippen molar-refractivity contribution in [3.05, 3.63) is 28.8 Å². The van der Waals surface area contributed by atoms with Gasteiger partial charge in [-0.15, -0.1) is 0 Å². The summed E-state index contributed by atoms with van der Waals surface area (Å²) in [5.41, 5.74) is 0.277. The van der Waals surface area contributed by atoms with Crippen molar-refractivity contribution in [2.45, 2.75) is 18.0 Å². The summed E-state index contributed by atoms with van der Waals surface area (Å²) in [5.74, 6) is 0. The summed E-state index contributed by atoms with van der Waals surface area (Å²) < 4.78 is 62.0. The second-order valence-electron chi connectivity index (χ2n) is 4.09. The van der Waals surface area contributed by atoms with E-state index < -0.39 is 35.9 Å². The van der Waals surface area contributed by atoms with E-state index in [4.69, 9.17) is 16.7 Å². The predicted molar refractivity (Wildman–Crippen MR) is 68.1 cm³/mol. The molecule has 0 amide bonds. The summed E-state index contributed by atoms with van der Waals surface area (Å²) in [6.45, 7) is -1.57. The molecule has 9 heteroatoms. The molecule has 0 radical (unpaired) electrons. The molecule has 0 aliphatic heterocycles. The van der Waals surface area contributed by atoms with Crippen LogP contribution in [0.4, 0.5) is 13.2 Å². The van der Waals surface area contributed by atoms with E-state index >= 15 is 0 Å². The average Bonchev–Trinajstić information content (AvgIpc) is 2.30. The van der Waals surface area contributed by atoms with Gasteiger partial charge in [0.2, 0.25) is 10.0 Å². The lowest BCUT2D eigenvalue weighted by atomic mass is 10.2. The molecule has 0 saturated heterocycles. The lowest BCUT2D eigenvalue weighted by Crippen LogP contribution is -2.40. The van der Waals surface area contributed by atoms with Crippen molar-refractivity contribution < 1.29 is 26.7 Å².